The Morgan fingerprint density at radius 3 is 2.54 bits per heavy atom. The van der Waals surface area contributed by atoms with Gasteiger partial charge in [0.2, 0.25) is 0 Å². The molecule has 0 radical (unpaired) electrons. The molecule has 2 aromatic rings. The summed E-state index contributed by atoms with van der Waals surface area (Å²) in [6.07, 6.45) is 5.15. The second-order valence-corrected chi connectivity index (χ2v) is 8.19. The normalized spacial score (nSPS) is 14.7. The number of hydrogen-bond acceptors (Lipinski definition) is 5. The molecule has 3 rings (SSSR count). The molecule has 28 heavy (non-hydrogen) atoms. The number of ether oxygens (including phenoxy) is 1. The number of methoxy groups -OCH3 is 1. The maximum Gasteiger partial charge on any atom is 0.354 e. The van der Waals surface area contributed by atoms with Crippen molar-refractivity contribution in [2.24, 2.45) is 0 Å². The summed E-state index contributed by atoms with van der Waals surface area (Å²) in [7, 11) is 1.31. The number of esters is 1. The molecule has 1 fully saturated rings. The van der Waals surface area contributed by atoms with Gasteiger partial charge in [-0.1, -0.05) is 25.3 Å². The number of aromatic nitrogens is 1. The fourth-order valence-electron chi connectivity index (χ4n) is 4.01. The highest BCUT2D eigenvalue weighted by molar-refractivity contribution is 7.12. The average Bonchev–Trinajstić information content (AvgIpc) is 3.34. The number of thiophene rings is 1. The van der Waals surface area contributed by atoms with Gasteiger partial charge < -0.3 is 14.6 Å². The minimum absolute atomic E-state index is 0.0154. The van der Waals surface area contributed by atoms with E-state index in [0.717, 1.165) is 25.7 Å². The fraction of sp³-hybridized carbons (Fsp3) is 0.476. The minimum atomic E-state index is -0.501. The molecule has 2 aromatic heterocycles. The number of rotatable bonds is 6. The molecule has 0 saturated heterocycles. The molecule has 1 aliphatic rings. The van der Waals surface area contributed by atoms with E-state index in [2.05, 4.69) is 4.98 Å². The molecule has 6 nitrogen and oxygen atoms in total. The molecule has 1 saturated carbocycles. The molecule has 150 valence electrons. The lowest BCUT2D eigenvalue weighted by atomic mass is 9.93. The highest BCUT2D eigenvalue weighted by atomic mass is 32.1. The average molecular weight is 403 g/mol. The molecule has 0 atom stereocenters. The van der Waals surface area contributed by atoms with E-state index in [1.165, 1.54) is 24.9 Å². The van der Waals surface area contributed by atoms with Gasteiger partial charge in [-0.25, -0.2) is 4.79 Å². The quantitative estimate of drug-likeness (QED) is 0.582. The number of aromatic amines is 1. The van der Waals surface area contributed by atoms with Crippen LogP contribution < -0.4 is 0 Å². The molecule has 0 aromatic carbocycles. The lowest BCUT2D eigenvalue weighted by molar-refractivity contribution is 0.0589. The second kappa shape index (κ2) is 8.73. The molecule has 1 N–H and O–H groups in total. The van der Waals surface area contributed by atoms with Crippen LogP contribution in [-0.4, -0.2) is 47.2 Å². The number of hydrogen-bond donors (Lipinski definition) is 1. The predicted octanol–water partition coefficient (Wildman–Crippen LogP) is 4.14. The summed E-state index contributed by atoms with van der Waals surface area (Å²) in [5.41, 5.74) is 1.95. The van der Waals surface area contributed by atoms with Crippen molar-refractivity contribution in [3.8, 4) is 0 Å². The van der Waals surface area contributed by atoms with Crippen molar-refractivity contribution >= 4 is 29.0 Å². The van der Waals surface area contributed by atoms with Gasteiger partial charge in [0.15, 0.2) is 5.78 Å². The van der Waals surface area contributed by atoms with Crippen LogP contribution >= 0.6 is 11.3 Å². The molecule has 0 spiro atoms. The van der Waals surface area contributed by atoms with E-state index < -0.39 is 5.97 Å². The number of nitrogens with zero attached hydrogens (tertiary/aromatic N) is 1. The largest absolute Gasteiger partial charge is 0.464 e. The monoisotopic (exact) mass is 402 g/mol. The Morgan fingerprint density at radius 1 is 1.21 bits per heavy atom. The highest BCUT2D eigenvalue weighted by Crippen LogP contribution is 2.27. The van der Waals surface area contributed by atoms with Crippen molar-refractivity contribution in [1.29, 1.82) is 0 Å². The van der Waals surface area contributed by atoms with E-state index in [1.54, 1.807) is 24.8 Å². The summed E-state index contributed by atoms with van der Waals surface area (Å²) >= 11 is 1.39. The van der Waals surface area contributed by atoms with E-state index in [4.69, 9.17) is 4.74 Å². The maximum absolute atomic E-state index is 13.2. The first kappa shape index (κ1) is 20.3. The predicted molar refractivity (Wildman–Crippen MR) is 108 cm³/mol. The third kappa shape index (κ3) is 4.04. The van der Waals surface area contributed by atoms with Gasteiger partial charge in [0, 0.05) is 17.3 Å². The van der Waals surface area contributed by atoms with Gasteiger partial charge in [0.25, 0.3) is 5.91 Å². The van der Waals surface area contributed by atoms with E-state index in [-0.39, 0.29) is 30.0 Å². The van der Waals surface area contributed by atoms with Crippen molar-refractivity contribution in [2.45, 2.75) is 52.0 Å². The zero-order valence-corrected chi connectivity index (χ0v) is 17.4. The van der Waals surface area contributed by atoms with Gasteiger partial charge in [-0.3, -0.25) is 9.59 Å². The lowest BCUT2D eigenvalue weighted by Crippen LogP contribution is -2.44. The number of aryl methyl sites for hydroxylation is 1. The minimum Gasteiger partial charge on any atom is -0.464 e. The summed E-state index contributed by atoms with van der Waals surface area (Å²) in [5.74, 6) is -0.746. The first-order chi connectivity index (χ1) is 13.4. The zero-order chi connectivity index (χ0) is 20.3. The van der Waals surface area contributed by atoms with Gasteiger partial charge in [-0.05, 0) is 43.7 Å². The first-order valence-corrected chi connectivity index (χ1v) is 10.5. The lowest BCUT2D eigenvalue weighted by Gasteiger charge is -2.33. The van der Waals surface area contributed by atoms with Crippen molar-refractivity contribution in [3.63, 3.8) is 0 Å². The summed E-state index contributed by atoms with van der Waals surface area (Å²) in [4.78, 5) is 43.5. The third-order valence-corrected chi connectivity index (χ3v) is 6.29. The van der Waals surface area contributed by atoms with Gasteiger partial charge in [-0.15, -0.1) is 11.3 Å². The fourth-order valence-corrected chi connectivity index (χ4v) is 4.69. The molecule has 0 unspecified atom stereocenters. The number of carbonyl (C=O) groups excluding carboxylic acids is 3. The van der Waals surface area contributed by atoms with Crippen LogP contribution in [0.3, 0.4) is 0 Å². The Balaban J connectivity index is 1.88. The zero-order valence-electron chi connectivity index (χ0n) is 16.5. The Morgan fingerprint density at radius 2 is 1.93 bits per heavy atom. The van der Waals surface area contributed by atoms with Crippen LogP contribution in [0.5, 0.6) is 0 Å². The van der Waals surface area contributed by atoms with Gasteiger partial charge in [0.05, 0.1) is 18.5 Å². The number of H-pyrrole nitrogens is 1. The summed E-state index contributed by atoms with van der Waals surface area (Å²) < 4.78 is 4.78. The molecular formula is C21H26N2O4S. The Kier molecular flexibility index (Phi) is 6.34. The van der Waals surface area contributed by atoms with E-state index in [0.29, 0.717) is 21.7 Å². The van der Waals surface area contributed by atoms with Crippen LogP contribution in [0, 0.1) is 13.8 Å². The first-order valence-electron chi connectivity index (χ1n) is 9.59. The van der Waals surface area contributed by atoms with E-state index in [9.17, 15) is 14.4 Å². The van der Waals surface area contributed by atoms with Crippen molar-refractivity contribution in [1.82, 2.24) is 9.88 Å². The van der Waals surface area contributed by atoms with Crippen LogP contribution in [0.25, 0.3) is 0 Å². The number of nitrogens with one attached hydrogen (secondary N) is 1. The SMILES string of the molecule is COC(=O)c1[nH]c(C)c(C(=O)CN(C(=O)c2cccs2)C2CCCCC2)c1C. The molecule has 0 aliphatic heterocycles. The van der Waals surface area contributed by atoms with Gasteiger partial charge in [0.1, 0.15) is 5.69 Å². The molecule has 1 amide bonds. The summed E-state index contributed by atoms with van der Waals surface area (Å²) in [6.45, 7) is 3.51. The van der Waals surface area contributed by atoms with Crippen molar-refractivity contribution in [3.05, 3.63) is 44.9 Å². The number of Topliss-reactive ketones (excluding diaryl/α,β-unsaturated/α-hetero) is 1. The van der Waals surface area contributed by atoms with Crippen LogP contribution in [0.15, 0.2) is 17.5 Å². The number of amides is 1. The smallest absolute Gasteiger partial charge is 0.354 e. The summed E-state index contributed by atoms with van der Waals surface area (Å²) in [5, 5.41) is 1.87. The molecule has 1 aliphatic carbocycles. The second-order valence-electron chi connectivity index (χ2n) is 7.24. The van der Waals surface area contributed by atoms with Crippen LogP contribution in [0.1, 0.15) is 73.9 Å². The Hall–Kier alpha value is -2.41. The molecular weight excluding hydrogens is 376 g/mol. The van der Waals surface area contributed by atoms with E-state index in [1.807, 2.05) is 11.4 Å². The number of ketones is 1. The standard InChI is InChI=1S/C21H26N2O4S/c1-13-18(14(2)22-19(13)21(26)27-3)16(24)12-23(15-8-5-4-6-9-15)20(25)17-10-7-11-28-17/h7,10-11,15,22H,4-6,8-9,12H2,1-3H3. The Bertz CT molecular complexity index is 863. The van der Waals surface area contributed by atoms with Crippen molar-refractivity contribution < 1.29 is 19.1 Å². The number of carbonyl (C=O) groups is 3. The molecule has 0 bridgehead atoms. The highest BCUT2D eigenvalue weighted by Gasteiger charge is 2.31. The summed E-state index contributed by atoms with van der Waals surface area (Å²) in [6, 6.07) is 3.73. The maximum atomic E-state index is 13.2. The van der Waals surface area contributed by atoms with Crippen LogP contribution in [0.4, 0.5) is 0 Å². The molecule has 2 heterocycles. The third-order valence-electron chi connectivity index (χ3n) is 5.43. The van der Waals surface area contributed by atoms with E-state index >= 15 is 0 Å². The van der Waals surface area contributed by atoms with Crippen LogP contribution in [-0.2, 0) is 4.74 Å². The van der Waals surface area contributed by atoms with Gasteiger partial charge >= 0.3 is 5.97 Å². The Labute approximate surface area is 168 Å². The van der Waals surface area contributed by atoms with Gasteiger partial charge in [-0.2, -0.15) is 0 Å². The molecule has 7 heteroatoms. The topological polar surface area (TPSA) is 79.5 Å². The van der Waals surface area contributed by atoms with Crippen molar-refractivity contribution in [2.75, 3.05) is 13.7 Å². The van der Waals surface area contributed by atoms with Crippen LogP contribution in [0.2, 0.25) is 0 Å².